The van der Waals surface area contributed by atoms with E-state index in [4.69, 9.17) is 9.47 Å². The number of sulfonamides is 1. The summed E-state index contributed by atoms with van der Waals surface area (Å²) in [6, 6.07) is 15.1. The van der Waals surface area contributed by atoms with Crippen molar-refractivity contribution in [2.75, 3.05) is 30.4 Å². The van der Waals surface area contributed by atoms with Crippen molar-refractivity contribution in [3.63, 3.8) is 0 Å². The van der Waals surface area contributed by atoms with Gasteiger partial charge in [-0.15, -0.1) is 0 Å². The summed E-state index contributed by atoms with van der Waals surface area (Å²) < 4.78 is 52.7. The monoisotopic (exact) mass is 472 g/mol. The van der Waals surface area contributed by atoms with E-state index in [9.17, 15) is 17.6 Å². The van der Waals surface area contributed by atoms with Crippen LogP contribution < -0.4 is 19.1 Å². The van der Waals surface area contributed by atoms with Crippen molar-refractivity contribution < 1.29 is 27.1 Å². The van der Waals surface area contributed by atoms with Gasteiger partial charge in [0.25, 0.3) is 10.0 Å². The predicted molar refractivity (Wildman–Crippen MR) is 125 cm³/mol. The summed E-state index contributed by atoms with van der Waals surface area (Å²) in [5.41, 5.74) is 1.93. The Morgan fingerprint density at radius 2 is 1.58 bits per heavy atom. The Kier molecular flexibility index (Phi) is 7.23. The summed E-state index contributed by atoms with van der Waals surface area (Å²) >= 11 is 0. The molecule has 9 heteroatoms. The van der Waals surface area contributed by atoms with Crippen molar-refractivity contribution in [1.29, 1.82) is 0 Å². The Bertz CT molecular complexity index is 1260. The van der Waals surface area contributed by atoms with Crippen LogP contribution in [0.2, 0.25) is 0 Å². The summed E-state index contributed by atoms with van der Waals surface area (Å²) in [6.45, 7) is 3.10. The van der Waals surface area contributed by atoms with Crippen LogP contribution in [0.1, 0.15) is 11.1 Å². The van der Waals surface area contributed by atoms with Crippen LogP contribution in [0.4, 0.5) is 15.8 Å². The minimum atomic E-state index is -4.20. The first-order valence-corrected chi connectivity index (χ1v) is 11.5. The van der Waals surface area contributed by atoms with Gasteiger partial charge in [-0.05, 0) is 61.4 Å². The third kappa shape index (κ3) is 5.43. The molecule has 0 atom stereocenters. The third-order valence-corrected chi connectivity index (χ3v) is 6.64. The van der Waals surface area contributed by atoms with Gasteiger partial charge >= 0.3 is 0 Å². The molecule has 3 rings (SSSR count). The maximum atomic E-state index is 14.0. The number of amides is 1. The zero-order valence-electron chi connectivity index (χ0n) is 18.8. The van der Waals surface area contributed by atoms with Crippen molar-refractivity contribution >= 4 is 27.3 Å². The topological polar surface area (TPSA) is 84.9 Å². The number of para-hydroxylation sites is 1. The fraction of sp³-hybridized carbons (Fsp3) is 0.208. The first kappa shape index (κ1) is 24.1. The van der Waals surface area contributed by atoms with E-state index < -0.39 is 28.3 Å². The van der Waals surface area contributed by atoms with Crippen molar-refractivity contribution in [3.8, 4) is 11.5 Å². The summed E-state index contributed by atoms with van der Waals surface area (Å²) in [4.78, 5) is 12.7. The van der Waals surface area contributed by atoms with E-state index in [0.29, 0.717) is 11.4 Å². The highest BCUT2D eigenvalue weighted by atomic mass is 32.2. The molecule has 0 aliphatic carbocycles. The average Bonchev–Trinajstić information content (AvgIpc) is 2.77. The fourth-order valence-corrected chi connectivity index (χ4v) is 4.82. The third-order valence-electron chi connectivity index (χ3n) is 4.87. The van der Waals surface area contributed by atoms with Gasteiger partial charge in [0.05, 0.1) is 30.5 Å². The SMILES string of the molecule is COc1ccc(S(=O)(=O)N(CC(=O)Nc2ccccc2F)c2cc(C)cc(C)c2)cc1OC. The first-order valence-electron chi connectivity index (χ1n) is 10.0. The number of aryl methyl sites for hydroxylation is 2. The molecule has 0 aromatic heterocycles. The van der Waals surface area contributed by atoms with Crippen molar-refractivity contribution in [2.45, 2.75) is 18.7 Å². The number of benzene rings is 3. The van der Waals surface area contributed by atoms with Crippen LogP contribution in [-0.2, 0) is 14.8 Å². The smallest absolute Gasteiger partial charge is 0.264 e. The highest BCUT2D eigenvalue weighted by Gasteiger charge is 2.29. The molecule has 33 heavy (non-hydrogen) atoms. The number of methoxy groups -OCH3 is 2. The molecule has 3 aromatic rings. The van der Waals surface area contributed by atoms with Gasteiger partial charge < -0.3 is 14.8 Å². The second kappa shape index (κ2) is 9.91. The highest BCUT2D eigenvalue weighted by Crippen LogP contribution is 2.32. The van der Waals surface area contributed by atoms with Gasteiger partial charge in [-0.25, -0.2) is 12.8 Å². The molecule has 0 spiro atoms. The summed E-state index contributed by atoms with van der Waals surface area (Å²) in [5, 5.41) is 2.44. The molecule has 0 aliphatic heterocycles. The number of carbonyl (C=O) groups excluding carboxylic acids is 1. The van der Waals surface area contributed by atoms with Gasteiger partial charge in [-0.3, -0.25) is 9.10 Å². The van der Waals surface area contributed by atoms with Crippen LogP contribution in [0, 0.1) is 19.7 Å². The number of carbonyl (C=O) groups is 1. The van der Waals surface area contributed by atoms with Gasteiger partial charge in [0.1, 0.15) is 12.4 Å². The number of nitrogens with one attached hydrogen (secondary N) is 1. The maximum absolute atomic E-state index is 14.0. The first-order chi connectivity index (χ1) is 15.6. The highest BCUT2D eigenvalue weighted by molar-refractivity contribution is 7.92. The van der Waals surface area contributed by atoms with Crippen molar-refractivity contribution in [1.82, 2.24) is 0 Å². The van der Waals surface area contributed by atoms with Crippen LogP contribution in [-0.4, -0.2) is 35.1 Å². The molecule has 0 bridgehead atoms. The van der Waals surface area contributed by atoms with Crippen LogP contribution in [0.5, 0.6) is 11.5 Å². The lowest BCUT2D eigenvalue weighted by atomic mass is 10.1. The summed E-state index contributed by atoms with van der Waals surface area (Å²) in [5.74, 6) is -0.712. The molecule has 0 unspecified atom stereocenters. The van der Waals surface area contributed by atoms with Gasteiger partial charge in [0.15, 0.2) is 11.5 Å². The number of halogens is 1. The van der Waals surface area contributed by atoms with Crippen molar-refractivity contribution in [2.24, 2.45) is 0 Å². The molecule has 1 N–H and O–H groups in total. The van der Waals surface area contributed by atoms with Crippen molar-refractivity contribution in [3.05, 3.63) is 77.6 Å². The normalized spacial score (nSPS) is 11.1. The molecule has 3 aromatic carbocycles. The van der Waals surface area contributed by atoms with E-state index >= 15 is 0 Å². The standard InChI is InChI=1S/C24H25FN2O5S/c1-16-11-17(2)13-18(12-16)27(15-24(28)26-21-8-6-5-7-20(21)25)33(29,30)19-9-10-22(31-3)23(14-19)32-4/h5-14H,15H2,1-4H3,(H,26,28). The van der Waals surface area contributed by atoms with E-state index in [1.54, 1.807) is 18.2 Å². The fourth-order valence-electron chi connectivity index (χ4n) is 3.40. The number of rotatable bonds is 8. The molecule has 0 saturated heterocycles. The molecular weight excluding hydrogens is 447 g/mol. The van der Waals surface area contributed by atoms with Crippen LogP contribution in [0.15, 0.2) is 65.6 Å². The molecule has 0 aliphatic rings. The molecule has 0 heterocycles. The van der Waals surface area contributed by atoms with Gasteiger partial charge in [-0.2, -0.15) is 0 Å². The molecule has 0 fully saturated rings. The summed E-state index contributed by atoms with van der Waals surface area (Å²) in [6.07, 6.45) is 0. The van der Waals surface area contributed by atoms with Gasteiger partial charge in [0, 0.05) is 6.07 Å². The number of hydrogen-bond acceptors (Lipinski definition) is 5. The van der Waals surface area contributed by atoms with Gasteiger partial charge in [-0.1, -0.05) is 18.2 Å². The second-order valence-electron chi connectivity index (χ2n) is 7.40. The van der Waals surface area contributed by atoms with E-state index in [-0.39, 0.29) is 16.3 Å². The molecule has 0 saturated carbocycles. The van der Waals surface area contributed by atoms with E-state index in [2.05, 4.69) is 5.32 Å². The minimum absolute atomic E-state index is 0.0358. The minimum Gasteiger partial charge on any atom is -0.493 e. The quantitative estimate of drug-likeness (QED) is 0.529. The molecular formula is C24H25FN2O5S. The Morgan fingerprint density at radius 3 is 2.18 bits per heavy atom. The maximum Gasteiger partial charge on any atom is 0.264 e. The number of anilines is 2. The van der Waals surface area contributed by atoms with Gasteiger partial charge in [0.2, 0.25) is 5.91 Å². The van der Waals surface area contributed by atoms with Crippen LogP contribution >= 0.6 is 0 Å². The van der Waals surface area contributed by atoms with E-state index in [0.717, 1.165) is 15.4 Å². The van der Waals surface area contributed by atoms with Crippen LogP contribution in [0.3, 0.4) is 0 Å². The Morgan fingerprint density at radius 1 is 0.939 bits per heavy atom. The van der Waals surface area contributed by atoms with Crippen LogP contribution in [0.25, 0.3) is 0 Å². The lowest BCUT2D eigenvalue weighted by Gasteiger charge is -2.25. The predicted octanol–water partition coefficient (Wildman–Crippen LogP) is 4.29. The lowest BCUT2D eigenvalue weighted by Crippen LogP contribution is -2.38. The zero-order chi connectivity index (χ0) is 24.2. The molecule has 1 amide bonds. The molecule has 174 valence electrons. The van der Waals surface area contributed by atoms with E-state index in [1.807, 2.05) is 19.9 Å². The number of ether oxygens (including phenoxy) is 2. The number of nitrogens with zero attached hydrogens (tertiary/aromatic N) is 1. The zero-order valence-corrected chi connectivity index (χ0v) is 19.6. The Labute approximate surface area is 192 Å². The van der Waals surface area contributed by atoms with E-state index in [1.165, 1.54) is 50.6 Å². The Balaban J connectivity index is 2.05. The second-order valence-corrected chi connectivity index (χ2v) is 9.26. The summed E-state index contributed by atoms with van der Waals surface area (Å²) in [7, 11) is -1.35. The molecule has 7 nitrogen and oxygen atoms in total. The molecule has 0 radical (unpaired) electrons. The number of hydrogen-bond donors (Lipinski definition) is 1. The Hall–Kier alpha value is -3.59. The largest absolute Gasteiger partial charge is 0.493 e. The lowest BCUT2D eigenvalue weighted by molar-refractivity contribution is -0.114. The average molecular weight is 473 g/mol.